The molecule has 0 unspecified atom stereocenters. The van der Waals surface area contributed by atoms with E-state index >= 15 is 0 Å². The van der Waals surface area contributed by atoms with Gasteiger partial charge in [-0.2, -0.15) is 0 Å². The lowest BCUT2D eigenvalue weighted by Crippen LogP contribution is -2.41. The van der Waals surface area contributed by atoms with Gasteiger partial charge in [-0.15, -0.1) is 0 Å². The van der Waals surface area contributed by atoms with Crippen molar-refractivity contribution in [3.63, 3.8) is 0 Å². The first-order chi connectivity index (χ1) is 9.78. The number of carbonyl (C=O) groups excluding carboxylic acids is 1. The van der Waals surface area contributed by atoms with Crippen LogP contribution in [0.5, 0.6) is 0 Å². The van der Waals surface area contributed by atoms with Crippen LogP contribution in [0, 0.1) is 11.8 Å². The highest BCUT2D eigenvalue weighted by molar-refractivity contribution is 5.74. The maximum atomic E-state index is 11.7. The van der Waals surface area contributed by atoms with Gasteiger partial charge in [-0.1, -0.05) is 44.3 Å². The zero-order chi connectivity index (χ0) is 14.2. The highest BCUT2D eigenvalue weighted by atomic mass is 16.3. The number of amides is 2. The van der Waals surface area contributed by atoms with Crippen LogP contribution in [0.2, 0.25) is 0 Å². The van der Waals surface area contributed by atoms with Crippen LogP contribution in [0.4, 0.5) is 4.79 Å². The molecule has 4 nitrogen and oxygen atoms in total. The predicted molar refractivity (Wildman–Crippen MR) is 80.5 cm³/mol. The van der Waals surface area contributed by atoms with Gasteiger partial charge in [0.25, 0.3) is 0 Å². The Bertz CT molecular complexity index is 324. The Balaban J connectivity index is 1.51. The second-order valence-electron chi connectivity index (χ2n) is 6.22. The summed E-state index contributed by atoms with van der Waals surface area (Å²) < 4.78 is 0. The van der Waals surface area contributed by atoms with Gasteiger partial charge in [-0.3, -0.25) is 0 Å². The largest absolute Gasteiger partial charge is 0.396 e. The molecule has 1 saturated carbocycles. The average molecular weight is 280 g/mol. The molecule has 20 heavy (non-hydrogen) atoms. The van der Waals surface area contributed by atoms with E-state index in [0.717, 1.165) is 25.3 Å². The van der Waals surface area contributed by atoms with Crippen molar-refractivity contribution < 1.29 is 9.90 Å². The first kappa shape index (κ1) is 15.4. The number of hydrogen-bond donors (Lipinski definition) is 3. The molecule has 2 atom stereocenters. The summed E-state index contributed by atoms with van der Waals surface area (Å²) in [6.07, 6.45) is 14.0. The molecule has 4 heteroatoms. The van der Waals surface area contributed by atoms with Gasteiger partial charge in [0, 0.05) is 25.1 Å². The molecule has 0 aliphatic heterocycles. The third-order valence-electron chi connectivity index (χ3n) is 4.52. The Morgan fingerprint density at radius 1 is 1.20 bits per heavy atom. The van der Waals surface area contributed by atoms with Crippen LogP contribution in [-0.4, -0.2) is 30.3 Å². The van der Waals surface area contributed by atoms with E-state index < -0.39 is 0 Å². The lowest BCUT2D eigenvalue weighted by molar-refractivity contribution is 0.231. The lowest BCUT2D eigenvalue weighted by Gasteiger charge is -2.21. The summed E-state index contributed by atoms with van der Waals surface area (Å²) in [5.41, 5.74) is 0. The summed E-state index contributed by atoms with van der Waals surface area (Å²) in [5, 5.41) is 14.9. The van der Waals surface area contributed by atoms with Crippen LogP contribution in [0.15, 0.2) is 12.2 Å². The van der Waals surface area contributed by atoms with Crippen LogP contribution in [0.25, 0.3) is 0 Å². The van der Waals surface area contributed by atoms with Crippen molar-refractivity contribution in [1.82, 2.24) is 10.6 Å². The summed E-state index contributed by atoms with van der Waals surface area (Å²) in [4.78, 5) is 11.7. The molecule has 0 radical (unpaired) electrons. The third-order valence-corrected chi connectivity index (χ3v) is 4.52. The molecule has 0 spiro atoms. The number of hydrogen-bond acceptors (Lipinski definition) is 2. The summed E-state index contributed by atoms with van der Waals surface area (Å²) >= 11 is 0. The molecular weight excluding hydrogens is 252 g/mol. The molecule has 2 aliphatic carbocycles. The Morgan fingerprint density at radius 2 is 2.00 bits per heavy atom. The molecule has 2 rings (SSSR count). The number of urea groups is 1. The van der Waals surface area contributed by atoms with Gasteiger partial charge in [0.05, 0.1) is 0 Å². The SMILES string of the molecule is O=C(NCCCC1CCCCC1)N[C@@H]1C=C[C@H](CO)C1. The summed E-state index contributed by atoms with van der Waals surface area (Å²) in [5.74, 6) is 1.09. The summed E-state index contributed by atoms with van der Waals surface area (Å²) in [6, 6.07) is -0.00706. The number of aliphatic hydroxyl groups is 1. The lowest BCUT2D eigenvalue weighted by atomic mass is 9.86. The molecule has 114 valence electrons. The van der Waals surface area contributed by atoms with E-state index in [2.05, 4.69) is 10.6 Å². The Kier molecular flexibility index (Phi) is 6.37. The highest BCUT2D eigenvalue weighted by Gasteiger charge is 2.19. The number of nitrogens with one attached hydrogen (secondary N) is 2. The number of aliphatic hydroxyl groups excluding tert-OH is 1. The van der Waals surface area contributed by atoms with Crippen molar-refractivity contribution in [2.75, 3.05) is 13.2 Å². The summed E-state index contributed by atoms with van der Waals surface area (Å²) in [7, 11) is 0. The molecule has 2 aliphatic rings. The van der Waals surface area contributed by atoms with Crippen LogP contribution < -0.4 is 10.6 Å². The minimum atomic E-state index is -0.0816. The maximum absolute atomic E-state index is 11.7. The quantitative estimate of drug-likeness (QED) is 0.517. The smallest absolute Gasteiger partial charge is 0.315 e. The van der Waals surface area contributed by atoms with E-state index in [1.807, 2.05) is 12.2 Å². The Morgan fingerprint density at radius 3 is 2.70 bits per heavy atom. The van der Waals surface area contributed by atoms with E-state index in [4.69, 9.17) is 5.11 Å². The first-order valence-corrected chi connectivity index (χ1v) is 8.11. The minimum Gasteiger partial charge on any atom is -0.396 e. The van der Waals surface area contributed by atoms with E-state index in [0.29, 0.717) is 0 Å². The molecule has 0 bridgehead atoms. The highest BCUT2D eigenvalue weighted by Crippen LogP contribution is 2.26. The number of carbonyl (C=O) groups is 1. The molecule has 0 aromatic carbocycles. The molecule has 0 aromatic rings. The van der Waals surface area contributed by atoms with Crippen LogP contribution in [0.3, 0.4) is 0 Å². The van der Waals surface area contributed by atoms with Crippen molar-refractivity contribution in [1.29, 1.82) is 0 Å². The Hall–Kier alpha value is -1.03. The van der Waals surface area contributed by atoms with Gasteiger partial charge in [-0.25, -0.2) is 4.79 Å². The van der Waals surface area contributed by atoms with Gasteiger partial charge in [-0.05, 0) is 25.2 Å². The Labute approximate surface area is 122 Å². The molecule has 0 saturated heterocycles. The van der Waals surface area contributed by atoms with Crippen molar-refractivity contribution in [3.8, 4) is 0 Å². The molecular formula is C16H28N2O2. The van der Waals surface area contributed by atoms with E-state index in [9.17, 15) is 4.79 Å². The fourth-order valence-electron chi connectivity index (χ4n) is 3.30. The normalized spacial score (nSPS) is 26.6. The van der Waals surface area contributed by atoms with Crippen molar-refractivity contribution in [3.05, 3.63) is 12.2 Å². The first-order valence-electron chi connectivity index (χ1n) is 8.11. The topological polar surface area (TPSA) is 61.4 Å². The maximum Gasteiger partial charge on any atom is 0.315 e. The minimum absolute atomic E-state index is 0.0745. The summed E-state index contributed by atoms with van der Waals surface area (Å²) in [6.45, 7) is 0.930. The van der Waals surface area contributed by atoms with E-state index in [1.165, 1.54) is 38.5 Å². The van der Waals surface area contributed by atoms with Crippen LogP contribution >= 0.6 is 0 Å². The fraction of sp³-hybridized carbons (Fsp3) is 0.812. The zero-order valence-electron chi connectivity index (χ0n) is 12.3. The molecule has 0 heterocycles. The van der Waals surface area contributed by atoms with Crippen LogP contribution in [0.1, 0.15) is 51.4 Å². The van der Waals surface area contributed by atoms with Crippen molar-refractivity contribution in [2.24, 2.45) is 11.8 Å². The van der Waals surface area contributed by atoms with E-state index in [-0.39, 0.29) is 24.6 Å². The molecule has 2 amide bonds. The van der Waals surface area contributed by atoms with Gasteiger partial charge >= 0.3 is 6.03 Å². The van der Waals surface area contributed by atoms with Crippen molar-refractivity contribution in [2.45, 2.75) is 57.4 Å². The van der Waals surface area contributed by atoms with E-state index in [1.54, 1.807) is 0 Å². The monoisotopic (exact) mass is 280 g/mol. The average Bonchev–Trinajstić information content (AvgIpc) is 2.92. The molecule has 1 fully saturated rings. The fourth-order valence-corrected chi connectivity index (χ4v) is 3.30. The second-order valence-corrected chi connectivity index (χ2v) is 6.22. The number of rotatable bonds is 6. The third kappa shape index (κ3) is 5.16. The standard InChI is InChI=1S/C16H28N2O2/c19-12-14-8-9-15(11-14)18-16(20)17-10-4-7-13-5-2-1-3-6-13/h8-9,13-15,19H,1-7,10-12H2,(H2,17,18,20)/t14-,15+/m0/s1. The van der Waals surface area contributed by atoms with Gasteiger partial charge in [0.2, 0.25) is 0 Å². The van der Waals surface area contributed by atoms with Crippen molar-refractivity contribution >= 4 is 6.03 Å². The second kappa shape index (κ2) is 8.30. The zero-order valence-corrected chi connectivity index (χ0v) is 12.3. The predicted octanol–water partition coefficient (Wildman–Crippen LogP) is 2.58. The van der Waals surface area contributed by atoms with Crippen LogP contribution in [-0.2, 0) is 0 Å². The van der Waals surface area contributed by atoms with Gasteiger partial charge in [0.15, 0.2) is 0 Å². The molecule has 3 N–H and O–H groups in total. The van der Waals surface area contributed by atoms with Gasteiger partial charge in [0.1, 0.15) is 0 Å². The molecule has 0 aromatic heterocycles. The van der Waals surface area contributed by atoms with Gasteiger partial charge < -0.3 is 15.7 Å².